The molecule has 0 aromatic carbocycles. The van der Waals surface area contributed by atoms with Crippen molar-refractivity contribution >= 4 is 7.92 Å². The van der Waals surface area contributed by atoms with Gasteiger partial charge >= 0.3 is 0 Å². The fourth-order valence-corrected chi connectivity index (χ4v) is 4.27. The van der Waals surface area contributed by atoms with E-state index in [1.807, 2.05) is 0 Å². The highest BCUT2D eigenvalue weighted by Gasteiger charge is 2.22. The molecule has 2 unspecified atom stereocenters. The van der Waals surface area contributed by atoms with Crippen LogP contribution in [0.2, 0.25) is 0 Å². The van der Waals surface area contributed by atoms with Gasteiger partial charge in [-0.2, -0.15) is 0 Å². The van der Waals surface area contributed by atoms with Gasteiger partial charge in [0.1, 0.15) is 0 Å². The third-order valence-corrected chi connectivity index (χ3v) is 5.15. The van der Waals surface area contributed by atoms with Crippen LogP contribution in [-0.2, 0) is 0 Å². The average Bonchev–Trinajstić information content (AvgIpc) is 2.15. The molecular formula is C9H19P. The van der Waals surface area contributed by atoms with Crippen molar-refractivity contribution in [3.8, 4) is 0 Å². The minimum Gasteiger partial charge on any atom is -0.107 e. The summed E-state index contributed by atoms with van der Waals surface area (Å²) in [6.45, 7) is 7.18. The molecule has 1 heteroatoms. The van der Waals surface area contributed by atoms with E-state index in [4.69, 9.17) is 0 Å². The quantitative estimate of drug-likeness (QED) is 0.541. The first kappa shape index (κ1) is 8.53. The largest absolute Gasteiger partial charge is 0.107 e. The van der Waals surface area contributed by atoms with Crippen LogP contribution in [0.25, 0.3) is 0 Å². The summed E-state index contributed by atoms with van der Waals surface area (Å²) in [7, 11) is 0.439. The summed E-state index contributed by atoms with van der Waals surface area (Å²) in [6.07, 6.45) is 6.08. The molecule has 0 radical (unpaired) electrons. The Morgan fingerprint density at radius 2 is 2.20 bits per heavy atom. The van der Waals surface area contributed by atoms with Crippen molar-refractivity contribution in [1.82, 2.24) is 0 Å². The monoisotopic (exact) mass is 158 g/mol. The maximum absolute atomic E-state index is 2.48. The van der Waals surface area contributed by atoms with Crippen LogP contribution in [0.15, 0.2) is 0 Å². The molecular weight excluding hydrogens is 139 g/mol. The molecule has 1 saturated heterocycles. The lowest BCUT2D eigenvalue weighted by Crippen LogP contribution is -2.03. The van der Waals surface area contributed by atoms with Gasteiger partial charge in [0.05, 0.1) is 0 Å². The normalized spacial score (nSPS) is 33.6. The fraction of sp³-hybridized carbons (Fsp3) is 1.00. The lowest BCUT2D eigenvalue weighted by atomic mass is 10.1. The van der Waals surface area contributed by atoms with Crippen LogP contribution in [0.5, 0.6) is 0 Å². The smallest absolute Gasteiger partial charge is 0.0209 e. The Labute approximate surface area is 66.2 Å². The lowest BCUT2D eigenvalue weighted by Gasteiger charge is -2.17. The molecule has 0 saturated carbocycles. The van der Waals surface area contributed by atoms with E-state index in [-0.39, 0.29) is 0 Å². The van der Waals surface area contributed by atoms with Gasteiger partial charge in [-0.1, -0.05) is 13.8 Å². The average molecular weight is 158 g/mol. The molecule has 0 N–H and O–H groups in total. The number of hydrogen-bond acceptors (Lipinski definition) is 0. The van der Waals surface area contributed by atoms with Crippen LogP contribution in [0.3, 0.4) is 0 Å². The van der Waals surface area contributed by atoms with E-state index in [0.29, 0.717) is 7.92 Å². The van der Waals surface area contributed by atoms with E-state index < -0.39 is 0 Å². The van der Waals surface area contributed by atoms with Crippen LogP contribution in [0.1, 0.15) is 33.1 Å². The Morgan fingerprint density at radius 1 is 1.50 bits per heavy atom. The van der Waals surface area contributed by atoms with Crippen molar-refractivity contribution in [1.29, 1.82) is 0 Å². The molecule has 1 heterocycles. The molecule has 0 nitrogen and oxygen atoms in total. The first-order valence-corrected chi connectivity index (χ1v) is 6.44. The first-order valence-electron chi connectivity index (χ1n) is 4.40. The van der Waals surface area contributed by atoms with E-state index in [2.05, 4.69) is 20.5 Å². The summed E-state index contributed by atoms with van der Waals surface area (Å²) < 4.78 is 0. The van der Waals surface area contributed by atoms with Gasteiger partial charge in [-0.25, -0.2) is 0 Å². The molecule has 1 aliphatic heterocycles. The number of hydrogen-bond donors (Lipinski definition) is 0. The minimum atomic E-state index is 0.439. The van der Waals surface area contributed by atoms with E-state index in [0.717, 1.165) is 11.6 Å². The Balaban J connectivity index is 2.26. The van der Waals surface area contributed by atoms with Crippen molar-refractivity contribution in [2.45, 2.75) is 38.8 Å². The van der Waals surface area contributed by atoms with E-state index in [1.54, 1.807) is 6.16 Å². The van der Waals surface area contributed by atoms with Crippen molar-refractivity contribution in [3.63, 3.8) is 0 Å². The Morgan fingerprint density at radius 3 is 2.60 bits per heavy atom. The Bertz CT molecular complexity index is 98.9. The van der Waals surface area contributed by atoms with Crippen molar-refractivity contribution in [2.75, 3.05) is 12.8 Å². The Kier molecular flexibility index (Phi) is 3.17. The summed E-state index contributed by atoms with van der Waals surface area (Å²) in [5.41, 5.74) is 1.12. The summed E-state index contributed by atoms with van der Waals surface area (Å²) >= 11 is 0. The van der Waals surface area contributed by atoms with Crippen LogP contribution in [0, 0.1) is 5.92 Å². The molecule has 1 aliphatic rings. The molecule has 0 aliphatic carbocycles. The maximum atomic E-state index is 2.48. The lowest BCUT2D eigenvalue weighted by molar-refractivity contribution is 0.555. The summed E-state index contributed by atoms with van der Waals surface area (Å²) in [4.78, 5) is 0. The molecule has 0 bridgehead atoms. The highest BCUT2D eigenvalue weighted by Crippen LogP contribution is 2.48. The van der Waals surface area contributed by atoms with Gasteiger partial charge in [0.2, 0.25) is 0 Å². The standard InChI is InChI=1S/C9H19P/c1-8(2)7-9-5-4-6-10(9)3/h8-9H,4-7H2,1-3H3. The zero-order valence-electron chi connectivity index (χ0n) is 7.43. The summed E-state index contributed by atoms with van der Waals surface area (Å²) in [5.74, 6) is 0.924. The first-order chi connectivity index (χ1) is 4.70. The van der Waals surface area contributed by atoms with Crippen LogP contribution in [-0.4, -0.2) is 18.5 Å². The van der Waals surface area contributed by atoms with Gasteiger partial charge < -0.3 is 0 Å². The van der Waals surface area contributed by atoms with Gasteiger partial charge in [0.15, 0.2) is 0 Å². The predicted octanol–water partition coefficient (Wildman–Crippen LogP) is 3.31. The van der Waals surface area contributed by atoms with E-state index >= 15 is 0 Å². The third kappa shape index (κ3) is 2.23. The fourth-order valence-electron chi connectivity index (χ4n) is 1.82. The third-order valence-electron chi connectivity index (χ3n) is 2.41. The zero-order valence-corrected chi connectivity index (χ0v) is 8.32. The van der Waals surface area contributed by atoms with E-state index in [9.17, 15) is 0 Å². The van der Waals surface area contributed by atoms with Crippen molar-refractivity contribution in [3.05, 3.63) is 0 Å². The van der Waals surface area contributed by atoms with Crippen molar-refractivity contribution in [2.24, 2.45) is 5.92 Å². The molecule has 0 spiro atoms. The molecule has 1 fully saturated rings. The topological polar surface area (TPSA) is 0 Å². The zero-order chi connectivity index (χ0) is 7.56. The SMILES string of the molecule is CC(C)CC1CCCP1C. The molecule has 2 atom stereocenters. The van der Waals surface area contributed by atoms with Crippen LogP contribution < -0.4 is 0 Å². The predicted molar refractivity (Wildman–Crippen MR) is 50.2 cm³/mol. The summed E-state index contributed by atoms with van der Waals surface area (Å²) in [6, 6.07) is 0. The summed E-state index contributed by atoms with van der Waals surface area (Å²) in [5, 5.41) is 0. The number of rotatable bonds is 2. The second kappa shape index (κ2) is 3.72. The molecule has 0 aromatic rings. The van der Waals surface area contributed by atoms with Gasteiger partial charge in [0.25, 0.3) is 0 Å². The van der Waals surface area contributed by atoms with Gasteiger partial charge in [-0.3, -0.25) is 0 Å². The highest BCUT2D eigenvalue weighted by atomic mass is 31.1. The van der Waals surface area contributed by atoms with Gasteiger partial charge in [-0.15, -0.1) is 7.92 Å². The maximum Gasteiger partial charge on any atom is -0.0209 e. The molecule has 0 aromatic heterocycles. The Hall–Kier alpha value is 0.430. The molecule has 0 amide bonds. The van der Waals surface area contributed by atoms with Crippen molar-refractivity contribution < 1.29 is 0 Å². The van der Waals surface area contributed by atoms with Crippen LogP contribution >= 0.6 is 7.92 Å². The van der Waals surface area contributed by atoms with E-state index in [1.165, 1.54) is 19.3 Å². The van der Waals surface area contributed by atoms with Crippen LogP contribution in [0.4, 0.5) is 0 Å². The molecule has 10 heavy (non-hydrogen) atoms. The van der Waals surface area contributed by atoms with Gasteiger partial charge in [-0.05, 0) is 43.7 Å². The molecule has 60 valence electrons. The minimum absolute atomic E-state index is 0.439. The van der Waals surface area contributed by atoms with Gasteiger partial charge in [0, 0.05) is 0 Å². The second-order valence-corrected chi connectivity index (χ2v) is 6.60. The molecule has 1 rings (SSSR count). The highest BCUT2D eigenvalue weighted by molar-refractivity contribution is 7.57. The second-order valence-electron chi connectivity index (χ2n) is 3.91.